The molecule has 0 heterocycles. The summed E-state index contributed by atoms with van der Waals surface area (Å²) in [5, 5.41) is 9.44. The van der Waals surface area contributed by atoms with Gasteiger partial charge in [-0.25, -0.2) is 0 Å². The van der Waals surface area contributed by atoms with Gasteiger partial charge in [-0.05, 0) is 13.8 Å². The van der Waals surface area contributed by atoms with Crippen LogP contribution in [0.25, 0.3) is 0 Å². The van der Waals surface area contributed by atoms with E-state index in [4.69, 9.17) is 14.2 Å². The minimum atomic E-state index is -0.379. The Morgan fingerprint density at radius 1 is 1.36 bits per heavy atom. The third-order valence-electron chi connectivity index (χ3n) is 2.26. The summed E-state index contributed by atoms with van der Waals surface area (Å²) in [4.78, 5) is 0. The molecule has 0 aromatic carbocycles. The zero-order valence-electron chi connectivity index (χ0n) is 9.10. The van der Waals surface area contributed by atoms with Gasteiger partial charge in [0.05, 0.1) is 31.5 Å². The van der Waals surface area contributed by atoms with Crippen molar-refractivity contribution in [1.29, 1.82) is 0 Å². The summed E-state index contributed by atoms with van der Waals surface area (Å²) in [6, 6.07) is 0. The highest BCUT2D eigenvalue weighted by atomic mass is 16.6. The normalized spacial score (nSPS) is 31.9. The third-order valence-corrected chi connectivity index (χ3v) is 2.26. The van der Waals surface area contributed by atoms with Crippen LogP contribution >= 0.6 is 0 Å². The van der Waals surface area contributed by atoms with E-state index in [-0.39, 0.29) is 24.4 Å². The minimum absolute atomic E-state index is 0.0434. The summed E-state index contributed by atoms with van der Waals surface area (Å²) in [5.74, 6) is 0. The fourth-order valence-corrected chi connectivity index (χ4v) is 1.53. The number of methoxy groups -OCH3 is 1. The molecule has 0 radical (unpaired) electrons. The molecule has 3 unspecified atom stereocenters. The van der Waals surface area contributed by atoms with Gasteiger partial charge in [0, 0.05) is 13.5 Å². The lowest BCUT2D eigenvalue weighted by atomic mass is 9.88. The maximum Gasteiger partial charge on any atom is 0.110 e. The smallest absolute Gasteiger partial charge is 0.110 e. The first kappa shape index (κ1) is 11.9. The van der Waals surface area contributed by atoms with Crippen LogP contribution in [0.3, 0.4) is 0 Å². The van der Waals surface area contributed by atoms with Crippen molar-refractivity contribution in [2.24, 2.45) is 0 Å². The van der Waals surface area contributed by atoms with Crippen molar-refractivity contribution in [1.82, 2.24) is 0 Å². The third kappa shape index (κ3) is 3.20. The van der Waals surface area contributed by atoms with E-state index < -0.39 is 0 Å². The maximum atomic E-state index is 9.44. The highest BCUT2D eigenvalue weighted by Gasteiger charge is 2.42. The predicted octanol–water partition coefficient (Wildman–Crippen LogP) is 0.576. The summed E-state index contributed by atoms with van der Waals surface area (Å²) in [6.07, 6.45) is 0.349. The fourth-order valence-electron chi connectivity index (χ4n) is 1.53. The number of hydrogen-bond donors (Lipinski definition) is 1. The van der Waals surface area contributed by atoms with Crippen molar-refractivity contribution in [3.05, 3.63) is 0 Å². The Labute approximate surface area is 85.2 Å². The van der Waals surface area contributed by atoms with Crippen LogP contribution in [-0.4, -0.2) is 49.8 Å². The zero-order chi connectivity index (χ0) is 10.6. The molecule has 0 aromatic rings. The van der Waals surface area contributed by atoms with E-state index in [1.807, 2.05) is 13.8 Å². The molecular formula is C10H20O4. The highest BCUT2D eigenvalue weighted by molar-refractivity contribution is 4.92. The number of aliphatic hydroxyl groups excluding tert-OH is 1. The Bertz CT molecular complexity index is 160. The van der Waals surface area contributed by atoms with Crippen LogP contribution in [0.5, 0.6) is 0 Å². The molecule has 0 aliphatic heterocycles. The fraction of sp³-hybridized carbons (Fsp3) is 1.00. The highest BCUT2D eigenvalue weighted by Crippen LogP contribution is 2.28. The van der Waals surface area contributed by atoms with Gasteiger partial charge < -0.3 is 19.3 Å². The second kappa shape index (κ2) is 5.66. The maximum absolute atomic E-state index is 9.44. The van der Waals surface area contributed by atoms with Gasteiger partial charge in [0.1, 0.15) is 6.10 Å². The van der Waals surface area contributed by atoms with Crippen molar-refractivity contribution in [2.45, 2.75) is 44.7 Å². The first-order valence-electron chi connectivity index (χ1n) is 5.09. The van der Waals surface area contributed by atoms with E-state index in [0.717, 1.165) is 0 Å². The van der Waals surface area contributed by atoms with Crippen molar-refractivity contribution in [3.63, 3.8) is 0 Å². The van der Waals surface area contributed by atoms with Gasteiger partial charge in [0.2, 0.25) is 0 Å². The summed E-state index contributed by atoms with van der Waals surface area (Å²) in [6.45, 7) is 5.03. The van der Waals surface area contributed by atoms with E-state index >= 15 is 0 Å². The Kier molecular flexibility index (Phi) is 4.81. The van der Waals surface area contributed by atoms with Gasteiger partial charge in [-0.15, -0.1) is 0 Å². The average Bonchev–Trinajstić information content (AvgIpc) is 2.11. The number of rotatable bonds is 6. The van der Waals surface area contributed by atoms with E-state index in [1.165, 1.54) is 0 Å². The standard InChI is InChI=1S/C10H20O4/c1-7(2)14-9-6-8(11)10(9)13-5-4-12-3/h7-11H,4-6H2,1-3H3. The van der Waals surface area contributed by atoms with E-state index in [2.05, 4.69) is 0 Å². The lowest BCUT2D eigenvalue weighted by Gasteiger charge is -2.41. The van der Waals surface area contributed by atoms with Crippen LogP contribution in [0.2, 0.25) is 0 Å². The molecule has 1 aliphatic carbocycles. The molecule has 1 aliphatic rings. The number of ether oxygens (including phenoxy) is 3. The lowest BCUT2D eigenvalue weighted by molar-refractivity contribution is -0.205. The molecule has 1 N–H and O–H groups in total. The monoisotopic (exact) mass is 204 g/mol. The van der Waals surface area contributed by atoms with E-state index in [0.29, 0.717) is 19.6 Å². The summed E-state index contributed by atoms with van der Waals surface area (Å²) < 4.78 is 15.9. The SMILES string of the molecule is COCCOC1C(O)CC1OC(C)C. The molecular weight excluding hydrogens is 184 g/mol. The Morgan fingerprint density at radius 3 is 2.57 bits per heavy atom. The molecule has 1 rings (SSSR count). The first-order valence-corrected chi connectivity index (χ1v) is 5.09. The molecule has 0 amide bonds. The molecule has 4 nitrogen and oxygen atoms in total. The van der Waals surface area contributed by atoms with Crippen LogP contribution < -0.4 is 0 Å². The molecule has 1 saturated carbocycles. The van der Waals surface area contributed by atoms with Gasteiger partial charge >= 0.3 is 0 Å². The Hall–Kier alpha value is -0.160. The van der Waals surface area contributed by atoms with Gasteiger partial charge in [0.15, 0.2) is 0 Å². The van der Waals surface area contributed by atoms with Gasteiger partial charge in [0.25, 0.3) is 0 Å². The second-order valence-corrected chi connectivity index (χ2v) is 3.85. The lowest BCUT2D eigenvalue weighted by Crippen LogP contribution is -2.54. The molecule has 0 spiro atoms. The summed E-state index contributed by atoms with van der Waals surface area (Å²) >= 11 is 0. The van der Waals surface area contributed by atoms with E-state index in [9.17, 15) is 5.11 Å². The molecule has 84 valence electrons. The van der Waals surface area contributed by atoms with Crippen molar-refractivity contribution < 1.29 is 19.3 Å². The average molecular weight is 204 g/mol. The quantitative estimate of drug-likeness (QED) is 0.643. The van der Waals surface area contributed by atoms with Gasteiger partial charge in [-0.3, -0.25) is 0 Å². The first-order chi connectivity index (χ1) is 6.65. The molecule has 0 bridgehead atoms. The topological polar surface area (TPSA) is 47.9 Å². The van der Waals surface area contributed by atoms with Crippen LogP contribution in [0.4, 0.5) is 0 Å². The molecule has 1 fully saturated rings. The molecule has 14 heavy (non-hydrogen) atoms. The van der Waals surface area contributed by atoms with Crippen molar-refractivity contribution >= 4 is 0 Å². The Morgan fingerprint density at radius 2 is 2.07 bits per heavy atom. The van der Waals surface area contributed by atoms with Crippen LogP contribution in [0, 0.1) is 0 Å². The Balaban J connectivity index is 2.19. The summed E-state index contributed by atoms with van der Waals surface area (Å²) in [5.41, 5.74) is 0. The molecule has 3 atom stereocenters. The van der Waals surface area contributed by atoms with Gasteiger partial charge in [-0.2, -0.15) is 0 Å². The summed E-state index contributed by atoms with van der Waals surface area (Å²) in [7, 11) is 1.63. The van der Waals surface area contributed by atoms with Gasteiger partial charge in [-0.1, -0.05) is 0 Å². The number of aliphatic hydroxyl groups is 1. The van der Waals surface area contributed by atoms with Crippen LogP contribution in [-0.2, 0) is 14.2 Å². The molecule has 0 aromatic heterocycles. The van der Waals surface area contributed by atoms with Crippen molar-refractivity contribution in [2.75, 3.05) is 20.3 Å². The zero-order valence-corrected chi connectivity index (χ0v) is 9.10. The van der Waals surface area contributed by atoms with E-state index in [1.54, 1.807) is 7.11 Å². The largest absolute Gasteiger partial charge is 0.390 e. The second-order valence-electron chi connectivity index (χ2n) is 3.85. The molecule has 4 heteroatoms. The van der Waals surface area contributed by atoms with Crippen LogP contribution in [0.15, 0.2) is 0 Å². The predicted molar refractivity (Wildman–Crippen MR) is 52.2 cm³/mol. The number of hydrogen-bond acceptors (Lipinski definition) is 4. The van der Waals surface area contributed by atoms with Crippen molar-refractivity contribution in [3.8, 4) is 0 Å². The molecule has 0 saturated heterocycles. The minimum Gasteiger partial charge on any atom is -0.390 e. The van der Waals surface area contributed by atoms with Crippen LogP contribution in [0.1, 0.15) is 20.3 Å².